The summed E-state index contributed by atoms with van der Waals surface area (Å²) in [5.74, 6) is 0.334. The van der Waals surface area contributed by atoms with Crippen LogP contribution in [0.3, 0.4) is 0 Å². The number of hydrogen-bond acceptors (Lipinski definition) is 8. The molecule has 204 valence electrons. The topological polar surface area (TPSA) is 128 Å². The van der Waals surface area contributed by atoms with E-state index < -0.39 is 10.0 Å². The van der Waals surface area contributed by atoms with Gasteiger partial charge in [0.25, 0.3) is 0 Å². The van der Waals surface area contributed by atoms with E-state index in [0.29, 0.717) is 48.7 Å². The van der Waals surface area contributed by atoms with Crippen LogP contribution in [-0.4, -0.2) is 57.9 Å². The molecule has 0 aliphatic rings. The van der Waals surface area contributed by atoms with Crippen molar-refractivity contribution in [3.63, 3.8) is 0 Å². The molecule has 1 aromatic heterocycles. The van der Waals surface area contributed by atoms with Crippen molar-refractivity contribution < 1.29 is 17.9 Å². The molecule has 0 radical (unpaired) electrons. The van der Waals surface area contributed by atoms with Crippen molar-refractivity contribution >= 4 is 33.3 Å². The zero-order chi connectivity index (χ0) is 27.5. The Kier molecular flexibility index (Phi) is 10.4. The second-order valence-electron chi connectivity index (χ2n) is 8.40. The molecule has 11 heteroatoms. The molecular formula is C28H30ClN5O4S. The molecule has 4 rings (SSSR count). The SMILES string of the molecule is NCCOCCOCCNS(=O)(=O)c1ccc(Nc2ncc(Cl)c(-c3cccc(-c4ccccc4)c3)n2)cc1. The number of nitrogens with one attached hydrogen (secondary N) is 2. The van der Waals surface area contributed by atoms with Crippen molar-refractivity contribution in [3.8, 4) is 22.4 Å². The lowest BCUT2D eigenvalue weighted by molar-refractivity contribution is 0.0530. The van der Waals surface area contributed by atoms with E-state index in [9.17, 15) is 8.42 Å². The van der Waals surface area contributed by atoms with E-state index in [1.165, 1.54) is 18.3 Å². The number of nitrogens with two attached hydrogens (primary N) is 1. The maximum absolute atomic E-state index is 12.6. The monoisotopic (exact) mass is 567 g/mol. The maximum Gasteiger partial charge on any atom is 0.240 e. The average Bonchev–Trinajstić information content (AvgIpc) is 2.96. The Morgan fingerprint density at radius 2 is 1.51 bits per heavy atom. The largest absolute Gasteiger partial charge is 0.378 e. The number of halogens is 1. The molecule has 0 amide bonds. The van der Waals surface area contributed by atoms with Crippen LogP contribution in [0.2, 0.25) is 5.02 Å². The van der Waals surface area contributed by atoms with Crippen molar-refractivity contribution in [2.75, 3.05) is 44.8 Å². The van der Waals surface area contributed by atoms with Gasteiger partial charge in [-0.1, -0.05) is 60.1 Å². The third-order valence-corrected chi connectivity index (χ3v) is 7.33. The first-order valence-electron chi connectivity index (χ1n) is 12.4. The number of anilines is 2. The summed E-state index contributed by atoms with van der Waals surface area (Å²) in [4.78, 5) is 9.02. The van der Waals surface area contributed by atoms with E-state index in [4.69, 9.17) is 26.8 Å². The smallest absolute Gasteiger partial charge is 0.240 e. The molecule has 0 fully saturated rings. The molecule has 39 heavy (non-hydrogen) atoms. The molecule has 0 unspecified atom stereocenters. The first-order valence-corrected chi connectivity index (χ1v) is 14.2. The molecule has 0 atom stereocenters. The third kappa shape index (κ3) is 8.30. The van der Waals surface area contributed by atoms with Crippen LogP contribution >= 0.6 is 11.6 Å². The summed E-state index contributed by atoms with van der Waals surface area (Å²) in [6.45, 7) is 2.08. The van der Waals surface area contributed by atoms with Crippen LogP contribution in [0.25, 0.3) is 22.4 Å². The Morgan fingerprint density at radius 1 is 0.821 bits per heavy atom. The second kappa shape index (κ2) is 14.1. The molecule has 0 saturated carbocycles. The normalized spacial score (nSPS) is 11.4. The molecular weight excluding hydrogens is 538 g/mol. The Balaban J connectivity index is 1.38. The minimum absolute atomic E-state index is 0.134. The number of hydrogen-bond donors (Lipinski definition) is 3. The molecule has 3 aromatic carbocycles. The van der Waals surface area contributed by atoms with Crippen LogP contribution < -0.4 is 15.8 Å². The van der Waals surface area contributed by atoms with E-state index in [-0.39, 0.29) is 18.0 Å². The number of sulfonamides is 1. The van der Waals surface area contributed by atoms with Gasteiger partial charge >= 0.3 is 0 Å². The predicted octanol–water partition coefficient (Wildman–Crippen LogP) is 4.48. The van der Waals surface area contributed by atoms with Gasteiger partial charge < -0.3 is 20.5 Å². The van der Waals surface area contributed by atoms with Crippen LogP contribution in [0.15, 0.2) is 90.0 Å². The Bertz CT molecular complexity index is 1450. The molecule has 9 nitrogen and oxygen atoms in total. The number of ether oxygens (including phenoxy) is 2. The highest BCUT2D eigenvalue weighted by molar-refractivity contribution is 7.89. The summed E-state index contributed by atoms with van der Waals surface area (Å²) in [5, 5.41) is 3.53. The van der Waals surface area contributed by atoms with Gasteiger partial charge in [-0.3, -0.25) is 0 Å². The fraction of sp³-hybridized carbons (Fsp3) is 0.214. The zero-order valence-electron chi connectivity index (χ0n) is 21.2. The second-order valence-corrected chi connectivity index (χ2v) is 10.6. The molecule has 4 N–H and O–H groups in total. The molecule has 0 aliphatic heterocycles. The molecule has 4 aromatic rings. The van der Waals surface area contributed by atoms with Crippen LogP contribution in [0.4, 0.5) is 11.6 Å². The lowest BCUT2D eigenvalue weighted by Gasteiger charge is -2.11. The van der Waals surface area contributed by atoms with Crippen molar-refractivity contribution in [2.24, 2.45) is 5.73 Å². The fourth-order valence-electron chi connectivity index (χ4n) is 3.69. The van der Waals surface area contributed by atoms with Gasteiger partial charge in [0.15, 0.2) is 0 Å². The van der Waals surface area contributed by atoms with Crippen molar-refractivity contribution in [3.05, 3.63) is 90.1 Å². The van der Waals surface area contributed by atoms with Gasteiger partial charge in [-0.05, 0) is 41.5 Å². The summed E-state index contributed by atoms with van der Waals surface area (Å²) in [7, 11) is -3.68. The minimum atomic E-state index is -3.68. The van der Waals surface area contributed by atoms with Crippen LogP contribution in [0, 0.1) is 0 Å². The van der Waals surface area contributed by atoms with E-state index in [1.807, 2.05) is 54.6 Å². The van der Waals surface area contributed by atoms with Crippen LogP contribution in [-0.2, 0) is 19.5 Å². The van der Waals surface area contributed by atoms with Gasteiger partial charge in [0, 0.05) is 24.3 Å². The van der Waals surface area contributed by atoms with E-state index >= 15 is 0 Å². The van der Waals surface area contributed by atoms with Gasteiger partial charge in [0.05, 0.1) is 48.2 Å². The van der Waals surface area contributed by atoms with Crippen molar-refractivity contribution in [2.45, 2.75) is 4.90 Å². The van der Waals surface area contributed by atoms with Crippen molar-refractivity contribution in [1.82, 2.24) is 14.7 Å². The summed E-state index contributed by atoms with van der Waals surface area (Å²) in [6.07, 6.45) is 1.54. The van der Waals surface area contributed by atoms with E-state index in [2.05, 4.69) is 20.0 Å². The highest BCUT2D eigenvalue weighted by Crippen LogP contribution is 2.30. The van der Waals surface area contributed by atoms with Crippen LogP contribution in [0.1, 0.15) is 0 Å². The molecule has 0 spiro atoms. The number of aromatic nitrogens is 2. The molecule has 0 saturated heterocycles. The van der Waals surface area contributed by atoms with Gasteiger partial charge in [-0.25, -0.2) is 23.1 Å². The summed E-state index contributed by atoms with van der Waals surface area (Å²) >= 11 is 6.45. The summed E-state index contributed by atoms with van der Waals surface area (Å²) < 4.78 is 38.2. The molecule has 0 bridgehead atoms. The zero-order valence-corrected chi connectivity index (χ0v) is 22.8. The predicted molar refractivity (Wildman–Crippen MR) is 154 cm³/mol. The van der Waals surface area contributed by atoms with Gasteiger partial charge in [0.2, 0.25) is 16.0 Å². The standard InChI is InChI=1S/C28H30ClN5O4S/c29-26-20-31-28(34-27(26)23-8-4-7-22(19-23)21-5-2-1-3-6-21)33-24-9-11-25(12-10-24)39(35,36)32-14-16-38-18-17-37-15-13-30/h1-12,19-20,32H,13-18,30H2,(H,31,33,34). The Labute approximate surface area is 233 Å². The third-order valence-electron chi connectivity index (χ3n) is 5.58. The van der Waals surface area contributed by atoms with Crippen LogP contribution in [0.5, 0.6) is 0 Å². The number of nitrogens with zero attached hydrogens (tertiary/aromatic N) is 2. The molecule has 0 aliphatic carbocycles. The van der Waals surface area contributed by atoms with Gasteiger partial charge in [-0.2, -0.15) is 0 Å². The fourth-order valence-corrected chi connectivity index (χ4v) is 4.90. The quantitative estimate of drug-likeness (QED) is 0.190. The van der Waals surface area contributed by atoms with E-state index in [1.54, 1.807) is 12.1 Å². The first-order chi connectivity index (χ1) is 19.0. The minimum Gasteiger partial charge on any atom is -0.378 e. The first kappa shape index (κ1) is 28.6. The van der Waals surface area contributed by atoms with Gasteiger partial charge in [-0.15, -0.1) is 0 Å². The maximum atomic E-state index is 12.6. The lowest BCUT2D eigenvalue weighted by atomic mass is 10.0. The number of rotatable bonds is 14. The lowest BCUT2D eigenvalue weighted by Crippen LogP contribution is -2.28. The van der Waals surface area contributed by atoms with Gasteiger partial charge in [0.1, 0.15) is 0 Å². The average molecular weight is 568 g/mol. The Hall–Kier alpha value is -3.38. The van der Waals surface area contributed by atoms with Crippen molar-refractivity contribution in [1.29, 1.82) is 0 Å². The van der Waals surface area contributed by atoms with E-state index in [0.717, 1.165) is 16.7 Å². The summed E-state index contributed by atoms with van der Waals surface area (Å²) in [5.41, 5.74) is 9.54. The Morgan fingerprint density at radius 3 is 2.26 bits per heavy atom. The number of benzene rings is 3. The highest BCUT2D eigenvalue weighted by Gasteiger charge is 2.14. The highest BCUT2D eigenvalue weighted by atomic mass is 35.5. The summed E-state index contributed by atoms with van der Waals surface area (Å²) in [6, 6.07) is 24.3. The molecule has 1 heterocycles.